The van der Waals surface area contributed by atoms with E-state index in [-0.39, 0.29) is 31.3 Å². The molecule has 0 aliphatic rings. The summed E-state index contributed by atoms with van der Waals surface area (Å²) in [6, 6.07) is 13.7. The van der Waals surface area contributed by atoms with Crippen LogP contribution < -0.4 is 10.9 Å². The smallest absolute Gasteiger partial charge is 0.257 e. The summed E-state index contributed by atoms with van der Waals surface area (Å²) in [7, 11) is 0. The molecule has 0 saturated heterocycles. The molecule has 0 unspecified atom stereocenters. The van der Waals surface area contributed by atoms with Crippen molar-refractivity contribution in [2.24, 2.45) is 0 Å². The topological polar surface area (TPSA) is 84.2 Å². The molecule has 3 rings (SSSR count). The van der Waals surface area contributed by atoms with Crippen LogP contribution >= 0.6 is 0 Å². The number of nitrogens with one attached hydrogen (secondary N) is 1. The molecule has 3 aromatic rings. The Bertz CT molecular complexity index is 1120. The Morgan fingerprint density at radius 2 is 1.87 bits per heavy atom. The largest absolute Gasteiger partial charge is 0.396 e. The van der Waals surface area contributed by atoms with Crippen molar-refractivity contribution in [2.45, 2.75) is 39.8 Å². The second-order valence-electron chi connectivity index (χ2n) is 7.32. The summed E-state index contributed by atoms with van der Waals surface area (Å²) < 4.78 is 15.0. The van der Waals surface area contributed by atoms with Crippen molar-refractivity contribution in [1.82, 2.24) is 14.9 Å². The molecule has 1 heterocycles. The fraction of sp³-hybridized carbons (Fsp3) is 0.292. The number of aromatic nitrogens is 2. The van der Waals surface area contributed by atoms with Gasteiger partial charge in [-0.2, -0.15) is 0 Å². The second-order valence-corrected chi connectivity index (χ2v) is 7.32. The number of hydrogen-bond acceptors (Lipinski definition) is 4. The van der Waals surface area contributed by atoms with Gasteiger partial charge in [-0.25, -0.2) is 9.37 Å². The molecule has 0 aliphatic heterocycles. The maximum absolute atomic E-state index is 13.8. The third kappa shape index (κ3) is 5.44. The van der Waals surface area contributed by atoms with E-state index in [1.165, 1.54) is 28.3 Å². The van der Waals surface area contributed by atoms with Crippen molar-refractivity contribution in [2.75, 3.05) is 6.61 Å². The fourth-order valence-corrected chi connectivity index (χ4v) is 3.39. The van der Waals surface area contributed by atoms with Gasteiger partial charge in [-0.05, 0) is 36.6 Å². The number of aliphatic hydroxyl groups is 1. The highest BCUT2D eigenvalue weighted by atomic mass is 19.1. The van der Waals surface area contributed by atoms with Crippen LogP contribution in [-0.4, -0.2) is 27.2 Å². The number of carbonyl (C=O) groups is 1. The van der Waals surface area contributed by atoms with E-state index in [9.17, 15) is 19.1 Å². The summed E-state index contributed by atoms with van der Waals surface area (Å²) in [5, 5.41) is 12.1. The fourth-order valence-electron chi connectivity index (χ4n) is 3.39. The highest BCUT2D eigenvalue weighted by Crippen LogP contribution is 2.18. The first-order chi connectivity index (χ1) is 14.9. The standard InChI is InChI=1S/C24H26FN3O3/c1-3-17-7-9-18(10-8-17)14-26-22(30)15-28-23(19-5-4-6-20(25)13-19)27-16(2)21(11-12-29)24(28)31/h4-10,13,29H,3,11-12,14-15H2,1-2H3,(H,26,30). The molecule has 1 amide bonds. The van der Waals surface area contributed by atoms with Gasteiger partial charge in [-0.15, -0.1) is 0 Å². The van der Waals surface area contributed by atoms with E-state index in [4.69, 9.17) is 0 Å². The van der Waals surface area contributed by atoms with Gasteiger partial charge in [0.15, 0.2) is 0 Å². The molecule has 31 heavy (non-hydrogen) atoms. The minimum atomic E-state index is -0.463. The Labute approximate surface area is 180 Å². The Morgan fingerprint density at radius 1 is 1.16 bits per heavy atom. The number of hydrogen-bond donors (Lipinski definition) is 2. The van der Waals surface area contributed by atoms with Crippen LogP contribution in [0.2, 0.25) is 0 Å². The Morgan fingerprint density at radius 3 is 2.52 bits per heavy atom. The molecule has 0 radical (unpaired) electrons. The molecule has 7 heteroatoms. The van der Waals surface area contributed by atoms with Crippen molar-refractivity contribution in [3.8, 4) is 11.4 Å². The zero-order chi connectivity index (χ0) is 22.4. The lowest BCUT2D eigenvalue weighted by atomic mass is 10.1. The molecule has 0 atom stereocenters. The van der Waals surface area contributed by atoms with E-state index in [1.807, 2.05) is 24.3 Å². The quantitative estimate of drug-likeness (QED) is 0.584. The minimum Gasteiger partial charge on any atom is -0.396 e. The predicted molar refractivity (Wildman–Crippen MR) is 117 cm³/mol. The number of benzene rings is 2. The molecular formula is C24H26FN3O3. The summed E-state index contributed by atoms with van der Waals surface area (Å²) in [5.74, 6) is -0.610. The summed E-state index contributed by atoms with van der Waals surface area (Å²) in [4.78, 5) is 30.2. The molecule has 0 bridgehead atoms. The first-order valence-electron chi connectivity index (χ1n) is 10.2. The third-order valence-electron chi connectivity index (χ3n) is 5.14. The van der Waals surface area contributed by atoms with E-state index in [0.29, 0.717) is 23.4 Å². The van der Waals surface area contributed by atoms with Crippen LogP contribution in [0.4, 0.5) is 4.39 Å². The lowest BCUT2D eigenvalue weighted by molar-refractivity contribution is -0.121. The zero-order valence-corrected chi connectivity index (χ0v) is 17.7. The maximum atomic E-state index is 13.8. The summed E-state index contributed by atoms with van der Waals surface area (Å²) in [6.07, 6.45) is 1.07. The van der Waals surface area contributed by atoms with Gasteiger partial charge < -0.3 is 10.4 Å². The molecule has 6 nitrogen and oxygen atoms in total. The number of amides is 1. The van der Waals surface area contributed by atoms with Gasteiger partial charge in [0.05, 0.1) is 0 Å². The van der Waals surface area contributed by atoms with Crippen LogP contribution in [-0.2, 0) is 30.7 Å². The number of nitrogens with zero attached hydrogens (tertiary/aromatic N) is 2. The van der Waals surface area contributed by atoms with Crippen molar-refractivity contribution in [1.29, 1.82) is 0 Å². The summed E-state index contributed by atoms with van der Waals surface area (Å²) in [6.45, 7) is 3.60. The summed E-state index contributed by atoms with van der Waals surface area (Å²) >= 11 is 0. The normalized spacial score (nSPS) is 10.8. The average Bonchev–Trinajstić information content (AvgIpc) is 2.77. The summed E-state index contributed by atoms with van der Waals surface area (Å²) in [5.41, 5.74) is 2.94. The number of carbonyl (C=O) groups excluding carboxylic acids is 1. The molecule has 2 aromatic carbocycles. The van der Waals surface area contributed by atoms with Gasteiger partial charge in [-0.1, -0.05) is 43.3 Å². The lowest BCUT2D eigenvalue weighted by Crippen LogP contribution is -2.35. The number of rotatable bonds is 8. The van der Waals surface area contributed by atoms with E-state index in [2.05, 4.69) is 17.2 Å². The molecule has 0 saturated carbocycles. The van der Waals surface area contributed by atoms with Gasteiger partial charge in [0, 0.05) is 36.4 Å². The first-order valence-corrected chi connectivity index (χ1v) is 10.2. The van der Waals surface area contributed by atoms with Crippen molar-refractivity contribution < 1.29 is 14.3 Å². The Balaban J connectivity index is 1.89. The van der Waals surface area contributed by atoms with Gasteiger partial charge in [0.25, 0.3) is 5.56 Å². The van der Waals surface area contributed by atoms with Gasteiger partial charge in [-0.3, -0.25) is 14.2 Å². The molecule has 162 valence electrons. The van der Waals surface area contributed by atoms with Crippen molar-refractivity contribution >= 4 is 5.91 Å². The van der Waals surface area contributed by atoms with Gasteiger partial charge >= 0.3 is 0 Å². The van der Waals surface area contributed by atoms with Crippen LogP contribution in [0.3, 0.4) is 0 Å². The lowest BCUT2D eigenvalue weighted by Gasteiger charge is -2.16. The maximum Gasteiger partial charge on any atom is 0.257 e. The minimum absolute atomic E-state index is 0.131. The van der Waals surface area contributed by atoms with Crippen LogP contribution in [0, 0.1) is 12.7 Å². The number of halogens is 1. The van der Waals surface area contributed by atoms with Crippen molar-refractivity contribution in [3.05, 3.63) is 87.1 Å². The predicted octanol–water partition coefficient (Wildman–Crippen LogP) is 2.77. The van der Waals surface area contributed by atoms with Gasteiger partial charge in [0.1, 0.15) is 18.2 Å². The van der Waals surface area contributed by atoms with E-state index in [0.717, 1.165) is 12.0 Å². The van der Waals surface area contributed by atoms with Crippen LogP contribution in [0.15, 0.2) is 53.3 Å². The van der Waals surface area contributed by atoms with Crippen LogP contribution in [0.25, 0.3) is 11.4 Å². The van der Waals surface area contributed by atoms with E-state index >= 15 is 0 Å². The van der Waals surface area contributed by atoms with Crippen LogP contribution in [0.5, 0.6) is 0 Å². The van der Waals surface area contributed by atoms with E-state index in [1.54, 1.807) is 13.0 Å². The zero-order valence-electron chi connectivity index (χ0n) is 17.7. The highest BCUT2D eigenvalue weighted by molar-refractivity contribution is 5.76. The monoisotopic (exact) mass is 423 g/mol. The second kappa shape index (κ2) is 10.1. The first kappa shape index (κ1) is 22.4. The number of aliphatic hydroxyl groups excluding tert-OH is 1. The van der Waals surface area contributed by atoms with Crippen LogP contribution in [0.1, 0.15) is 29.3 Å². The SMILES string of the molecule is CCc1ccc(CNC(=O)Cn2c(-c3cccc(F)c3)nc(C)c(CCO)c2=O)cc1. The number of aryl methyl sites for hydroxylation is 2. The Hall–Kier alpha value is -3.32. The Kier molecular flexibility index (Phi) is 7.31. The molecule has 0 spiro atoms. The molecule has 2 N–H and O–H groups in total. The van der Waals surface area contributed by atoms with E-state index < -0.39 is 11.4 Å². The van der Waals surface area contributed by atoms with Crippen molar-refractivity contribution in [3.63, 3.8) is 0 Å². The average molecular weight is 423 g/mol. The van der Waals surface area contributed by atoms with Gasteiger partial charge in [0.2, 0.25) is 5.91 Å². The molecule has 1 aromatic heterocycles. The molecule has 0 aliphatic carbocycles. The molecule has 0 fully saturated rings. The molecular weight excluding hydrogens is 397 g/mol. The third-order valence-corrected chi connectivity index (χ3v) is 5.14. The highest BCUT2D eigenvalue weighted by Gasteiger charge is 2.18.